The monoisotopic (exact) mass is 455 g/mol. The number of nitrogens with zero attached hydrogens (tertiary/aromatic N) is 1. The number of anilines is 1. The van der Waals surface area contributed by atoms with Crippen LogP contribution in [-0.2, 0) is 9.59 Å². The number of hydrogen-bond acceptors (Lipinski definition) is 6. The van der Waals surface area contributed by atoms with Gasteiger partial charge >= 0.3 is 0 Å². The molecule has 2 aromatic rings. The summed E-state index contributed by atoms with van der Waals surface area (Å²) in [5, 5.41) is 5.70. The molecule has 1 aliphatic carbocycles. The van der Waals surface area contributed by atoms with Crippen LogP contribution >= 0.6 is 0 Å². The number of carbonyl (C=O) groups excluding carboxylic acids is 4. The Balaban J connectivity index is 1.44. The van der Waals surface area contributed by atoms with Crippen molar-refractivity contribution in [3.63, 3.8) is 0 Å². The van der Waals surface area contributed by atoms with Crippen LogP contribution in [0.15, 0.2) is 41.0 Å². The van der Waals surface area contributed by atoms with E-state index in [1.54, 1.807) is 11.0 Å². The summed E-state index contributed by atoms with van der Waals surface area (Å²) in [6.45, 7) is 0.401. The van der Waals surface area contributed by atoms with Gasteiger partial charge in [-0.05, 0) is 49.6 Å². The molecule has 1 unspecified atom stereocenters. The van der Waals surface area contributed by atoms with Gasteiger partial charge in [0.1, 0.15) is 11.4 Å². The van der Waals surface area contributed by atoms with Crippen LogP contribution in [0.2, 0.25) is 0 Å². The third-order valence-electron chi connectivity index (χ3n) is 6.43. The molecule has 2 fully saturated rings. The Labute approximate surface area is 190 Å². The summed E-state index contributed by atoms with van der Waals surface area (Å²) >= 11 is 0. The molecule has 0 bridgehead atoms. The summed E-state index contributed by atoms with van der Waals surface area (Å²) in [6, 6.07) is 6.29. The van der Waals surface area contributed by atoms with Gasteiger partial charge in [-0.2, -0.15) is 0 Å². The first kappa shape index (κ1) is 22.7. The minimum atomic E-state index is -1.10. The lowest BCUT2D eigenvalue weighted by Gasteiger charge is -2.39. The number of nitrogens with one attached hydrogen (secondary N) is 2. The zero-order valence-electron chi connectivity index (χ0n) is 18.1. The average molecular weight is 455 g/mol. The third kappa shape index (κ3) is 4.81. The largest absolute Gasteiger partial charge is 0.459 e. The summed E-state index contributed by atoms with van der Waals surface area (Å²) in [5.74, 6) is -1.44. The van der Waals surface area contributed by atoms with E-state index in [1.807, 2.05) is 0 Å². The van der Waals surface area contributed by atoms with E-state index in [0.29, 0.717) is 37.8 Å². The molecule has 2 aliphatic rings. The Bertz CT molecular complexity index is 1050. The predicted octanol–water partition coefficient (Wildman–Crippen LogP) is 2.63. The van der Waals surface area contributed by atoms with Crippen molar-refractivity contribution in [2.45, 2.75) is 50.1 Å². The first-order valence-corrected chi connectivity index (χ1v) is 11.1. The number of Topliss-reactive ketones (excluding diaryl/α,β-unsaturated/α-hetero) is 1. The number of benzene rings is 1. The standard InChI is InChI=1S/C24H26FN3O5/c25-17-6-7-19(16(13-17)15-29)28-11-8-18(20(30)14-28)26-23(32)24(9-2-1-3-10-24)27-22(31)21-5-4-12-33-21/h4-7,12-13,15,18H,1-3,8-11,14H2,(H,26,32)(H,27,31). The van der Waals surface area contributed by atoms with Gasteiger partial charge in [-0.3, -0.25) is 19.2 Å². The molecule has 0 radical (unpaired) electrons. The fraction of sp³-hybridized carbons (Fsp3) is 0.417. The Morgan fingerprint density at radius 2 is 1.97 bits per heavy atom. The summed E-state index contributed by atoms with van der Waals surface area (Å²) in [6.07, 6.45) is 5.81. The van der Waals surface area contributed by atoms with Crippen molar-refractivity contribution >= 4 is 29.6 Å². The van der Waals surface area contributed by atoms with Crippen LogP contribution in [-0.4, -0.2) is 48.6 Å². The Morgan fingerprint density at radius 1 is 1.18 bits per heavy atom. The number of ketones is 1. The molecule has 1 aromatic heterocycles. The molecule has 174 valence electrons. The first-order valence-electron chi connectivity index (χ1n) is 11.1. The molecule has 2 amide bonds. The number of aldehydes is 1. The molecule has 8 nitrogen and oxygen atoms in total. The molecular weight excluding hydrogens is 429 g/mol. The lowest BCUT2D eigenvalue weighted by atomic mass is 9.80. The van der Waals surface area contributed by atoms with E-state index >= 15 is 0 Å². The molecule has 1 aliphatic heterocycles. The number of amides is 2. The van der Waals surface area contributed by atoms with Crippen molar-refractivity contribution in [3.8, 4) is 0 Å². The number of hydrogen-bond donors (Lipinski definition) is 2. The van der Waals surface area contributed by atoms with Gasteiger partial charge in [-0.1, -0.05) is 19.3 Å². The number of rotatable bonds is 6. The van der Waals surface area contributed by atoms with Crippen LogP contribution in [0.4, 0.5) is 10.1 Å². The molecule has 4 rings (SSSR count). The zero-order valence-corrected chi connectivity index (χ0v) is 18.1. The second kappa shape index (κ2) is 9.56. The quantitative estimate of drug-likeness (QED) is 0.649. The van der Waals surface area contributed by atoms with Gasteiger partial charge in [-0.15, -0.1) is 0 Å². The van der Waals surface area contributed by atoms with Crippen molar-refractivity contribution in [2.75, 3.05) is 18.0 Å². The Morgan fingerprint density at radius 3 is 2.64 bits per heavy atom. The highest BCUT2D eigenvalue weighted by Gasteiger charge is 2.43. The molecule has 0 spiro atoms. The molecule has 1 saturated heterocycles. The zero-order chi connectivity index (χ0) is 23.4. The SMILES string of the molecule is O=Cc1cc(F)ccc1N1CCC(NC(=O)C2(NC(=O)c3ccco3)CCCCC2)C(=O)C1. The van der Waals surface area contributed by atoms with Crippen LogP contribution in [0, 0.1) is 5.82 Å². The lowest BCUT2D eigenvalue weighted by molar-refractivity contribution is -0.133. The highest BCUT2D eigenvalue weighted by atomic mass is 19.1. The van der Waals surface area contributed by atoms with E-state index in [2.05, 4.69) is 10.6 Å². The summed E-state index contributed by atoms with van der Waals surface area (Å²) < 4.78 is 18.6. The van der Waals surface area contributed by atoms with Crippen molar-refractivity contribution in [1.82, 2.24) is 10.6 Å². The smallest absolute Gasteiger partial charge is 0.287 e. The highest BCUT2D eigenvalue weighted by molar-refractivity contribution is 6.00. The van der Waals surface area contributed by atoms with Gasteiger partial charge in [0.2, 0.25) is 5.91 Å². The van der Waals surface area contributed by atoms with E-state index in [9.17, 15) is 23.6 Å². The topological polar surface area (TPSA) is 109 Å². The molecule has 33 heavy (non-hydrogen) atoms. The first-order chi connectivity index (χ1) is 15.9. The number of furan rings is 1. The van der Waals surface area contributed by atoms with E-state index in [1.165, 1.54) is 24.5 Å². The van der Waals surface area contributed by atoms with Crippen LogP contribution in [0.1, 0.15) is 59.4 Å². The molecular formula is C24H26FN3O5. The maximum absolute atomic E-state index is 13.4. The van der Waals surface area contributed by atoms with Crippen LogP contribution < -0.4 is 15.5 Å². The van der Waals surface area contributed by atoms with Crippen molar-refractivity contribution in [2.24, 2.45) is 0 Å². The van der Waals surface area contributed by atoms with Gasteiger partial charge in [0.15, 0.2) is 17.8 Å². The molecule has 1 saturated carbocycles. The van der Waals surface area contributed by atoms with E-state index < -0.39 is 23.3 Å². The van der Waals surface area contributed by atoms with E-state index in [-0.39, 0.29) is 29.6 Å². The lowest BCUT2D eigenvalue weighted by Crippen LogP contribution is -2.63. The fourth-order valence-electron chi connectivity index (χ4n) is 4.64. The van der Waals surface area contributed by atoms with Crippen LogP contribution in [0.25, 0.3) is 0 Å². The number of piperidine rings is 1. The maximum Gasteiger partial charge on any atom is 0.287 e. The molecule has 1 atom stereocenters. The van der Waals surface area contributed by atoms with Crippen molar-refractivity contribution in [1.29, 1.82) is 0 Å². The van der Waals surface area contributed by atoms with Gasteiger partial charge < -0.3 is 20.0 Å². The van der Waals surface area contributed by atoms with Gasteiger partial charge in [0.05, 0.1) is 18.8 Å². The minimum Gasteiger partial charge on any atom is -0.459 e. The predicted molar refractivity (Wildman–Crippen MR) is 118 cm³/mol. The minimum absolute atomic E-state index is 0.0107. The second-order valence-electron chi connectivity index (χ2n) is 8.60. The second-order valence-corrected chi connectivity index (χ2v) is 8.60. The average Bonchev–Trinajstić information content (AvgIpc) is 3.36. The number of carbonyl (C=O) groups is 4. The molecule has 2 heterocycles. The van der Waals surface area contributed by atoms with Gasteiger partial charge in [0, 0.05) is 17.8 Å². The van der Waals surface area contributed by atoms with Crippen molar-refractivity contribution in [3.05, 3.63) is 53.7 Å². The Kier molecular flexibility index (Phi) is 6.57. The fourth-order valence-corrected chi connectivity index (χ4v) is 4.64. The van der Waals surface area contributed by atoms with Crippen LogP contribution in [0.3, 0.4) is 0 Å². The van der Waals surface area contributed by atoms with Gasteiger partial charge in [-0.25, -0.2) is 4.39 Å². The molecule has 2 N–H and O–H groups in total. The summed E-state index contributed by atoms with van der Waals surface area (Å²) in [7, 11) is 0. The number of halogens is 1. The third-order valence-corrected chi connectivity index (χ3v) is 6.43. The van der Waals surface area contributed by atoms with Gasteiger partial charge in [0.25, 0.3) is 5.91 Å². The summed E-state index contributed by atoms with van der Waals surface area (Å²) in [5.41, 5.74) is -0.438. The normalized spacial score (nSPS) is 20.2. The highest BCUT2D eigenvalue weighted by Crippen LogP contribution is 2.30. The summed E-state index contributed by atoms with van der Waals surface area (Å²) in [4.78, 5) is 51.8. The maximum atomic E-state index is 13.4. The van der Waals surface area contributed by atoms with Crippen molar-refractivity contribution < 1.29 is 28.0 Å². The molecule has 1 aromatic carbocycles. The van der Waals surface area contributed by atoms with E-state index in [4.69, 9.17) is 4.42 Å². The Hall–Kier alpha value is -3.49. The van der Waals surface area contributed by atoms with Crippen LogP contribution in [0.5, 0.6) is 0 Å². The molecule has 9 heteroatoms. The van der Waals surface area contributed by atoms with E-state index in [0.717, 1.165) is 25.3 Å².